The van der Waals surface area contributed by atoms with Crippen LogP contribution in [0.25, 0.3) is 16.7 Å². The predicted octanol–water partition coefficient (Wildman–Crippen LogP) is -1.01. The van der Waals surface area contributed by atoms with Crippen LogP contribution in [0.5, 0.6) is 0 Å². The van der Waals surface area contributed by atoms with Gasteiger partial charge in [0.15, 0.2) is 0 Å². The van der Waals surface area contributed by atoms with E-state index in [0.717, 1.165) is 12.2 Å². The summed E-state index contributed by atoms with van der Waals surface area (Å²) in [5, 5.41) is 3.41. The molecule has 0 bridgehead atoms. The van der Waals surface area contributed by atoms with E-state index < -0.39 is 16.4 Å². The minimum Gasteiger partial charge on any atom is -1.00 e. The Hall–Kier alpha value is -0.423. The van der Waals surface area contributed by atoms with E-state index in [9.17, 15) is 0 Å². The number of hydrogen-bond donors (Lipinski definition) is 0. The van der Waals surface area contributed by atoms with Crippen molar-refractivity contribution in [3.63, 3.8) is 0 Å². The first-order valence-corrected chi connectivity index (χ1v) is 18.7. The monoisotopic (exact) mass is 577 g/mol. The number of halogens is 2. The third kappa shape index (κ3) is 4.34. The van der Waals surface area contributed by atoms with Gasteiger partial charge in [0.25, 0.3) is 0 Å². The zero-order valence-corrected chi connectivity index (χ0v) is 25.3. The topological polar surface area (TPSA) is 18.5 Å². The Labute approximate surface area is 221 Å². The third-order valence-electron chi connectivity index (χ3n) is 6.50. The first kappa shape index (κ1) is 26.2. The van der Waals surface area contributed by atoms with Gasteiger partial charge in [0, 0.05) is 0 Å². The molecule has 1 heterocycles. The molecule has 0 N–H and O–H groups in total. The standard InChI is InChI=1S/C25H29O2Si2.2ClH.Zr/c1-28(2,3)27-14-13-26-23-12-8-11-19(23)22-16-20-18-10-7-6-9-17(18)15-21(20)24-25(22)29(24,4)5;;;/h6-10,12,15-16H,11,13-14H2,1-5H3;2*1H;/q;;;+2/p-2. The Morgan fingerprint density at radius 1 is 1.00 bits per heavy atom. The van der Waals surface area contributed by atoms with Crippen molar-refractivity contribution in [1.82, 2.24) is 0 Å². The Balaban J connectivity index is 0.00000144. The summed E-state index contributed by atoms with van der Waals surface area (Å²) in [4.78, 5) is 0. The fraction of sp³-hybridized carbons (Fsp3) is 0.360. The molecule has 167 valence electrons. The van der Waals surface area contributed by atoms with Gasteiger partial charge in [0.05, 0.1) is 0 Å². The van der Waals surface area contributed by atoms with E-state index in [4.69, 9.17) is 9.16 Å². The van der Waals surface area contributed by atoms with Gasteiger partial charge >= 0.3 is 179 Å². The molecular weight excluding hydrogens is 551 g/mol. The Kier molecular flexibility index (Phi) is 7.63. The molecule has 0 radical (unpaired) electrons. The number of ether oxygens (including phenoxy) is 1. The van der Waals surface area contributed by atoms with Crippen LogP contribution >= 0.6 is 0 Å². The van der Waals surface area contributed by atoms with Crippen LogP contribution in [0, 0.1) is 0 Å². The normalized spacial score (nSPS) is 19.0. The van der Waals surface area contributed by atoms with Crippen molar-refractivity contribution in [3.05, 3.63) is 64.9 Å². The van der Waals surface area contributed by atoms with Crippen LogP contribution < -0.4 is 35.2 Å². The summed E-state index contributed by atoms with van der Waals surface area (Å²) >= 11 is 1.61. The molecule has 1 atom stereocenters. The van der Waals surface area contributed by atoms with Gasteiger partial charge in [-0.05, 0) is 19.6 Å². The van der Waals surface area contributed by atoms with Crippen molar-refractivity contribution in [1.29, 1.82) is 0 Å². The molecule has 0 fully saturated rings. The van der Waals surface area contributed by atoms with Crippen molar-refractivity contribution >= 4 is 32.3 Å². The fourth-order valence-corrected chi connectivity index (χ4v) is 11.3. The van der Waals surface area contributed by atoms with Gasteiger partial charge in [-0.2, -0.15) is 0 Å². The second kappa shape index (κ2) is 9.32. The maximum absolute atomic E-state index is 6.23. The van der Waals surface area contributed by atoms with Crippen molar-refractivity contribution in [2.45, 2.75) is 42.8 Å². The molecule has 2 nitrogen and oxygen atoms in total. The SMILES string of the molecule is C[Si](C)(C)OCCOC1=C(c2cc3c(c4c2[Si]4(C)C)[CH]([Zr+2])c2ccccc2-3)CC=C1.[Cl-].[Cl-]. The van der Waals surface area contributed by atoms with E-state index in [1.165, 1.54) is 27.8 Å². The first-order chi connectivity index (χ1) is 14.2. The van der Waals surface area contributed by atoms with Gasteiger partial charge in [-0.1, -0.05) is 0 Å². The van der Waals surface area contributed by atoms with Crippen LogP contribution in [0.3, 0.4) is 0 Å². The average molecular weight is 580 g/mol. The molecule has 0 spiro atoms. The van der Waals surface area contributed by atoms with Crippen molar-refractivity contribution in [2.24, 2.45) is 0 Å². The van der Waals surface area contributed by atoms with Crippen molar-refractivity contribution in [3.8, 4) is 11.1 Å². The largest absolute Gasteiger partial charge is 1.00 e. The molecule has 7 heteroatoms. The molecule has 5 rings (SSSR count). The van der Waals surface area contributed by atoms with Crippen LogP contribution in [0.2, 0.25) is 32.7 Å². The van der Waals surface area contributed by atoms with Crippen LogP contribution in [-0.4, -0.2) is 29.6 Å². The molecule has 1 aliphatic heterocycles. The molecule has 2 aromatic carbocycles. The summed E-state index contributed by atoms with van der Waals surface area (Å²) in [7, 11) is -2.96. The van der Waals surface area contributed by atoms with Gasteiger partial charge in [-0.15, -0.1) is 0 Å². The molecule has 3 aliphatic rings. The molecule has 2 aliphatic carbocycles. The summed E-state index contributed by atoms with van der Waals surface area (Å²) in [5.41, 5.74) is 8.96. The second-order valence-electron chi connectivity index (χ2n) is 10.0. The third-order valence-corrected chi connectivity index (χ3v) is 12.3. The quantitative estimate of drug-likeness (QED) is 0.323. The van der Waals surface area contributed by atoms with Crippen molar-refractivity contribution in [2.75, 3.05) is 13.2 Å². The predicted molar refractivity (Wildman–Crippen MR) is 126 cm³/mol. The second-order valence-corrected chi connectivity index (χ2v) is 20.2. The Morgan fingerprint density at radius 2 is 1.72 bits per heavy atom. The summed E-state index contributed by atoms with van der Waals surface area (Å²) in [5.74, 6) is 1.05. The van der Waals surface area contributed by atoms with Crippen LogP contribution in [0.15, 0.2) is 48.2 Å². The summed E-state index contributed by atoms with van der Waals surface area (Å²) in [6, 6.07) is 11.5. The fourth-order valence-electron chi connectivity index (χ4n) is 5.11. The molecule has 0 saturated carbocycles. The van der Waals surface area contributed by atoms with Crippen molar-refractivity contribution < 1.29 is 58.7 Å². The van der Waals surface area contributed by atoms with Crippen LogP contribution in [-0.2, 0) is 33.9 Å². The van der Waals surface area contributed by atoms with E-state index in [0.29, 0.717) is 16.8 Å². The number of rotatable bonds is 6. The Morgan fingerprint density at radius 3 is 2.44 bits per heavy atom. The molecule has 0 amide bonds. The molecule has 0 saturated heterocycles. The summed E-state index contributed by atoms with van der Waals surface area (Å²) in [6.45, 7) is 13.0. The van der Waals surface area contributed by atoms with Gasteiger partial charge < -0.3 is 24.8 Å². The van der Waals surface area contributed by atoms with Gasteiger partial charge in [0.2, 0.25) is 0 Å². The van der Waals surface area contributed by atoms with E-state index in [2.05, 4.69) is 75.2 Å². The molecule has 1 unspecified atom stereocenters. The summed E-state index contributed by atoms with van der Waals surface area (Å²) < 4.78 is 12.8. The van der Waals surface area contributed by atoms with Gasteiger partial charge in [0.1, 0.15) is 0 Å². The summed E-state index contributed by atoms with van der Waals surface area (Å²) in [6.07, 6.45) is 5.39. The minimum atomic E-state index is -1.49. The molecule has 0 aromatic heterocycles. The van der Waals surface area contributed by atoms with Crippen LogP contribution in [0.1, 0.15) is 26.7 Å². The Bertz CT molecular complexity index is 1120. The van der Waals surface area contributed by atoms with E-state index >= 15 is 0 Å². The van der Waals surface area contributed by atoms with Gasteiger partial charge in [-0.3, -0.25) is 0 Å². The minimum absolute atomic E-state index is 0. The van der Waals surface area contributed by atoms with Gasteiger partial charge in [-0.25, -0.2) is 0 Å². The zero-order chi connectivity index (χ0) is 21.3. The van der Waals surface area contributed by atoms with E-state index in [-0.39, 0.29) is 24.8 Å². The number of hydrogen-bond acceptors (Lipinski definition) is 2. The van der Waals surface area contributed by atoms with E-state index in [1.807, 2.05) is 0 Å². The van der Waals surface area contributed by atoms with Crippen LogP contribution in [0.4, 0.5) is 0 Å². The molecule has 2 aromatic rings. The van der Waals surface area contributed by atoms with E-state index in [1.54, 1.807) is 40.7 Å². The maximum Gasteiger partial charge on any atom is -1.00 e. The molecular formula is C25H29Cl2O2Si2Zr. The zero-order valence-electron chi connectivity index (χ0n) is 19.3. The molecule has 32 heavy (non-hydrogen) atoms. The smallest absolute Gasteiger partial charge is 1.00 e. The first-order valence-electron chi connectivity index (χ1n) is 10.9. The number of fused-ring (bicyclic) bond motifs is 5. The number of allylic oxidation sites excluding steroid dienone is 3. The maximum atomic E-state index is 6.23. The average Bonchev–Trinajstić information content (AvgIpc) is 3.00. The number of benzene rings is 2.